The summed E-state index contributed by atoms with van der Waals surface area (Å²) in [4.78, 5) is 15.3. The predicted molar refractivity (Wildman–Crippen MR) is 96.9 cm³/mol. The van der Waals surface area contributed by atoms with E-state index in [4.69, 9.17) is 4.74 Å². The average Bonchev–Trinajstić information content (AvgIpc) is 2.74. The van der Waals surface area contributed by atoms with Crippen LogP contribution in [0.25, 0.3) is 0 Å². The fourth-order valence-corrected chi connectivity index (χ4v) is 6.28. The van der Waals surface area contributed by atoms with E-state index in [0.717, 1.165) is 18.8 Å². The van der Waals surface area contributed by atoms with Gasteiger partial charge in [0.05, 0.1) is 6.10 Å². The van der Waals surface area contributed by atoms with E-state index < -0.39 is 0 Å². The predicted octanol–water partition coefficient (Wildman–Crippen LogP) is 4.19. The highest BCUT2D eigenvalue weighted by atomic mass is 16.5. The van der Waals surface area contributed by atoms with Crippen molar-refractivity contribution < 1.29 is 9.53 Å². The van der Waals surface area contributed by atoms with Gasteiger partial charge < -0.3 is 9.64 Å². The molecule has 1 aromatic rings. The molecule has 0 radical (unpaired) electrons. The summed E-state index contributed by atoms with van der Waals surface area (Å²) in [6.07, 6.45) is 4.90. The van der Waals surface area contributed by atoms with Gasteiger partial charge in [-0.2, -0.15) is 0 Å². The lowest BCUT2D eigenvalue weighted by molar-refractivity contribution is -0.231. The Morgan fingerprint density at radius 1 is 1.08 bits per heavy atom. The van der Waals surface area contributed by atoms with E-state index in [9.17, 15) is 4.79 Å². The van der Waals surface area contributed by atoms with Crippen LogP contribution in [0, 0.1) is 23.7 Å². The molecule has 5 rings (SSSR count). The number of hydrogen-bond donors (Lipinski definition) is 0. The minimum absolute atomic E-state index is 0.0157. The first kappa shape index (κ1) is 15.9. The topological polar surface area (TPSA) is 29.5 Å². The van der Waals surface area contributed by atoms with E-state index in [2.05, 4.69) is 56.0 Å². The molecule has 134 valence electrons. The van der Waals surface area contributed by atoms with Crippen LogP contribution in [0.5, 0.6) is 0 Å². The van der Waals surface area contributed by atoms with Crippen molar-refractivity contribution in [3.8, 4) is 0 Å². The fourth-order valence-electron chi connectivity index (χ4n) is 6.28. The van der Waals surface area contributed by atoms with E-state index in [1.807, 2.05) is 0 Å². The number of carbonyl (C=O) groups excluding carboxylic acids is 1. The Bertz CT molecular complexity index is 685. The monoisotopic (exact) mass is 339 g/mol. The highest BCUT2D eigenvalue weighted by Gasteiger charge is 2.66. The molecule has 2 saturated heterocycles. The number of fused-ring (bicyclic) bond motifs is 4. The number of hydrogen-bond acceptors (Lipinski definition) is 2. The van der Waals surface area contributed by atoms with Crippen LogP contribution in [0.3, 0.4) is 0 Å². The zero-order valence-corrected chi connectivity index (χ0v) is 15.5. The Morgan fingerprint density at radius 3 is 2.60 bits per heavy atom. The van der Waals surface area contributed by atoms with Crippen LogP contribution in [0.1, 0.15) is 57.9 Å². The summed E-state index contributed by atoms with van der Waals surface area (Å²) in [5, 5.41) is 0. The summed E-state index contributed by atoms with van der Waals surface area (Å²) in [6.45, 7) is 6.92. The van der Waals surface area contributed by atoms with Crippen molar-refractivity contribution in [2.75, 3.05) is 0 Å². The van der Waals surface area contributed by atoms with Crippen molar-refractivity contribution in [2.24, 2.45) is 23.7 Å². The molecule has 1 aromatic carbocycles. The average molecular weight is 339 g/mol. The first-order valence-electron chi connectivity index (χ1n) is 10.0. The summed E-state index contributed by atoms with van der Waals surface area (Å²) < 4.78 is 6.68. The molecule has 3 nitrogen and oxygen atoms in total. The summed E-state index contributed by atoms with van der Waals surface area (Å²) in [7, 11) is 0. The van der Waals surface area contributed by atoms with Gasteiger partial charge in [0.25, 0.3) is 0 Å². The third kappa shape index (κ3) is 2.11. The number of amides is 1. The van der Waals surface area contributed by atoms with Crippen LogP contribution in [0.2, 0.25) is 0 Å². The van der Waals surface area contributed by atoms with Gasteiger partial charge in [0.1, 0.15) is 6.23 Å². The van der Waals surface area contributed by atoms with E-state index >= 15 is 0 Å². The largest absolute Gasteiger partial charge is 0.354 e. The number of nitrogens with zero attached hydrogens (tertiary/aromatic N) is 1. The molecular weight excluding hydrogens is 310 g/mol. The minimum Gasteiger partial charge on any atom is -0.354 e. The second-order valence-electron chi connectivity index (χ2n) is 9.39. The van der Waals surface area contributed by atoms with Crippen LogP contribution in [0.4, 0.5) is 0 Å². The van der Waals surface area contributed by atoms with Crippen molar-refractivity contribution in [3.05, 3.63) is 35.9 Å². The number of carbonyl (C=O) groups is 1. The number of ether oxygens (including phenoxy) is 1. The first-order valence-corrected chi connectivity index (χ1v) is 10.0. The van der Waals surface area contributed by atoms with Gasteiger partial charge in [-0.1, -0.05) is 43.7 Å². The van der Waals surface area contributed by atoms with Crippen LogP contribution in [0.15, 0.2) is 30.3 Å². The molecule has 1 amide bonds. The zero-order valence-electron chi connectivity index (χ0n) is 15.5. The van der Waals surface area contributed by atoms with Crippen molar-refractivity contribution in [2.45, 2.75) is 70.2 Å². The van der Waals surface area contributed by atoms with Crippen LogP contribution in [-0.2, 0) is 9.53 Å². The maximum Gasteiger partial charge on any atom is 0.228 e. The lowest BCUT2D eigenvalue weighted by Crippen LogP contribution is -2.64. The lowest BCUT2D eigenvalue weighted by Gasteiger charge is -2.56. The van der Waals surface area contributed by atoms with E-state index in [1.54, 1.807) is 0 Å². The Morgan fingerprint density at radius 2 is 1.84 bits per heavy atom. The molecular formula is C22H29NO2. The van der Waals surface area contributed by atoms with Crippen molar-refractivity contribution in [3.63, 3.8) is 0 Å². The summed E-state index contributed by atoms with van der Waals surface area (Å²) in [6, 6.07) is 10.7. The molecule has 7 atom stereocenters. The maximum absolute atomic E-state index is 13.2. The molecule has 3 heteroatoms. The number of benzene rings is 1. The van der Waals surface area contributed by atoms with Gasteiger partial charge in [0.15, 0.2) is 0 Å². The summed E-state index contributed by atoms with van der Waals surface area (Å²) >= 11 is 0. The first-order chi connectivity index (χ1) is 12.0. The second kappa shape index (κ2) is 5.33. The minimum atomic E-state index is -0.0800. The Hall–Kier alpha value is -1.35. The lowest BCUT2D eigenvalue weighted by atomic mass is 9.63. The van der Waals surface area contributed by atoms with Crippen LogP contribution >= 0.6 is 0 Å². The van der Waals surface area contributed by atoms with Gasteiger partial charge in [0, 0.05) is 23.3 Å². The van der Waals surface area contributed by atoms with E-state index in [1.165, 1.54) is 18.4 Å². The molecule has 4 fully saturated rings. The van der Waals surface area contributed by atoms with Gasteiger partial charge in [-0.15, -0.1) is 0 Å². The smallest absolute Gasteiger partial charge is 0.228 e. The fraction of sp³-hybridized carbons (Fsp3) is 0.682. The normalized spacial score (nSPS) is 44.5. The summed E-state index contributed by atoms with van der Waals surface area (Å²) in [5.41, 5.74) is 1.29. The van der Waals surface area contributed by atoms with Crippen molar-refractivity contribution >= 4 is 5.91 Å². The Labute approximate surface area is 150 Å². The Balaban J connectivity index is 1.49. The third-order valence-corrected chi connectivity index (χ3v) is 7.70. The highest BCUT2D eigenvalue weighted by molar-refractivity contribution is 5.84. The molecule has 25 heavy (non-hydrogen) atoms. The van der Waals surface area contributed by atoms with E-state index in [0.29, 0.717) is 29.8 Å². The van der Waals surface area contributed by atoms with Crippen molar-refractivity contribution in [1.82, 2.24) is 4.90 Å². The second-order valence-corrected chi connectivity index (χ2v) is 9.39. The molecule has 2 aliphatic carbocycles. The zero-order chi connectivity index (χ0) is 17.3. The van der Waals surface area contributed by atoms with Crippen molar-refractivity contribution in [1.29, 1.82) is 0 Å². The van der Waals surface area contributed by atoms with Crippen LogP contribution in [-0.4, -0.2) is 28.7 Å². The molecule has 0 spiro atoms. The third-order valence-electron chi connectivity index (χ3n) is 7.70. The molecule has 4 aliphatic rings. The molecule has 0 unspecified atom stereocenters. The maximum atomic E-state index is 13.2. The van der Waals surface area contributed by atoms with Gasteiger partial charge in [-0.05, 0) is 50.5 Å². The molecule has 0 aromatic heterocycles. The highest BCUT2D eigenvalue weighted by Crippen LogP contribution is 2.60. The molecule has 2 saturated carbocycles. The SMILES string of the molecule is C[C@@H]1CC[C@@H]2[C@@H](C1)O[C@H]1[C@@H]3[C@@H](C[C@H]3c3ccccc3)C(=O)N1C2(C)C. The summed E-state index contributed by atoms with van der Waals surface area (Å²) in [5.74, 6) is 2.56. The van der Waals surface area contributed by atoms with Gasteiger partial charge in [0.2, 0.25) is 5.91 Å². The van der Waals surface area contributed by atoms with Gasteiger partial charge >= 0.3 is 0 Å². The van der Waals surface area contributed by atoms with Crippen LogP contribution < -0.4 is 0 Å². The van der Waals surface area contributed by atoms with E-state index in [-0.39, 0.29) is 17.7 Å². The molecule has 2 heterocycles. The molecule has 0 bridgehead atoms. The molecule has 2 aliphatic heterocycles. The quantitative estimate of drug-likeness (QED) is 0.768. The van der Waals surface area contributed by atoms with Gasteiger partial charge in [-0.3, -0.25) is 4.79 Å². The Kier molecular flexibility index (Phi) is 3.38. The van der Waals surface area contributed by atoms with Gasteiger partial charge in [-0.25, -0.2) is 0 Å². The standard InChI is InChI=1S/C22H29NO2/c1-13-9-10-17-18(11-13)25-21-19-15(14-7-5-4-6-8-14)12-16(19)20(24)23(21)22(17,2)3/h4-8,13,15-19,21H,9-12H2,1-3H3/t13-,15+,16-,17-,18-,19+,21+/m1/s1. The number of rotatable bonds is 1. The molecule has 0 N–H and O–H groups in total.